The lowest BCUT2D eigenvalue weighted by Gasteiger charge is -2.12. The van der Waals surface area contributed by atoms with Crippen molar-refractivity contribution in [1.82, 2.24) is 4.98 Å². The molecule has 1 saturated carbocycles. The Hall–Kier alpha value is -1.05. The minimum absolute atomic E-state index is 0.583. The van der Waals surface area contributed by atoms with Crippen LogP contribution in [0, 0.1) is 5.92 Å². The minimum Gasteiger partial charge on any atom is -0.367 e. The predicted octanol–water partition coefficient (Wildman–Crippen LogP) is 2.29. The number of aromatic nitrogens is 1. The molecule has 0 aromatic carbocycles. The quantitative estimate of drug-likeness (QED) is 0.737. The van der Waals surface area contributed by atoms with Gasteiger partial charge in [-0.05, 0) is 37.8 Å². The lowest BCUT2D eigenvalue weighted by atomic mass is 10.2. The molecule has 2 nitrogen and oxygen atoms in total. The highest BCUT2D eigenvalue weighted by Crippen LogP contribution is 2.33. The second-order valence-electron chi connectivity index (χ2n) is 3.49. The first-order valence-corrected chi connectivity index (χ1v) is 4.54. The first-order chi connectivity index (χ1) is 5.86. The second-order valence-corrected chi connectivity index (χ2v) is 3.49. The van der Waals surface area contributed by atoms with Crippen molar-refractivity contribution in [2.45, 2.75) is 25.8 Å². The van der Waals surface area contributed by atoms with E-state index in [4.69, 9.17) is 0 Å². The molecule has 1 aliphatic carbocycles. The number of pyridine rings is 1. The van der Waals surface area contributed by atoms with Gasteiger partial charge in [0.2, 0.25) is 0 Å². The van der Waals surface area contributed by atoms with Crippen LogP contribution in [0.3, 0.4) is 0 Å². The van der Waals surface area contributed by atoms with Crippen molar-refractivity contribution in [3.05, 3.63) is 24.4 Å². The average Bonchev–Trinajstić information content (AvgIpc) is 2.88. The Kier molecular flexibility index (Phi) is 1.98. The Morgan fingerprint density at radius 1 is 1.50 bits per heavy atom. The van der Waals surface area contributed by atoms with Crippen LogP contribution in [0.4, 0.5) is 5.82 Å². The van der Waals surface area contributed by atoms with Gasteiger partial charge in [-0.25, -0.2) is 4.98 Å². The van der Waals surface area contributed by atoms with Crippen LogP contribution in [0.25, 0.3) is 0 Å². The van der Waals surface area contributed by atoms with E-state index in [0.29, 0.717) is 6.04 Å². The summed E-state index contributed by atoms with van der Waals surface area (Å²) in [5.74, 6) is 1.88. The summed E-state index contributed by atoms with van der Waals surface area (Å²) in [7, 11) is 0. The van der Waals surface area contributed by atoms with E-state index in [9.17, 15) is 0 Å². The predicted molar refractivity (Wildman–Crippen MR) is 50.0 cm³/mol. The molecule has 0 aliphatic heterocycles. The molecule has 1 aliphatic rings. The van der Waals surface area contributed by atoms with Crippen molar-refractivity contribution in [3.8, 4) is 0 Å². The molecule has 0 saturated heterocycles. The lowest BCUT2D eigenvalue weighted by molar-refractivity contribution is 0.691. The molecule has 0 amide bonds. The van der Waals surface area contributed by atoms with Gasteiger partial charge in [0, 0.05) is 12.2 Å². The number of hydrogen-bond acceptors (Lipinski definition) is 2. The molecule has 64 valence electrons. The Labute approximate surface area is 73.0 Å². The zero-order chi connectivity index (χ0) is 8.39. The fraction of sp³-hybridized carbons (Fsp3) is 0.500. The van der Waals surface area contributed by atoms with E-state index < -0.39 is 0 Å². The first kappa shape index (κ1) is 7.59. The number of nitrogens with one attached hydrogen (secondary N) is 1. The van der Waals surface area contributed by atoms with Crippen molar-refractivity contribution in [2.75, 3.05) is 5.32 Å². The molecule has 2 rings (SSSR count). The van der Waals surface area contributed by atoms with E-state index in [1.807, 2.05) is 24.4 Å². The van der Waals surface area contributed by atoms with Crippen LogP contribution in [0.1, 0.15) is 19.8 Å². The Balaban J connectivity index is 1.94. The fourth-order valence-electron chi connectivity index (χ4n) is 1.40. The van der Waals surface area contributed by atoms with Gasteiger partial charge >= 0.3 is 0 Å². The molecule has 1 aromatic rings. The molecule has 1 aromatic heterocycles. The van der Waals surface area contributed by atoms with Crippen molar-refractivity contribution in [3.63, 3.8) is 0 Å². The first-order valence-electron chi connectivity index (χ1n) is 4.54. The van der Waals surface area contributed by atoms with E-state index in [0.717, 1.165) is 11.7 Å². The number of anilines is 1. The summed E-state index contributed by atoms with van der Waals surface area (Å²) < 4.78 is 0. The molecular formula is C10H14N2. The van der Waals surface area contributed by atoms with Gasteiger partial charge in [-0.2, -0.15) is 0 Å². The summed E-state index contributed by atoms with van der Waals surface area (Å²) in [6.07, 6.45) is 4.57. The Morgan fingerprint density at radius 3 is 2.92 bits per heavy atom. The third kappa shape index (κ3) is 1.76. The summed E-state index contributed by atoms with van der Waals surface area (Å²) in [6, 6.07) is 6.54. The number of hydrogen-bond donors (Lipinski definition) is 1. The van der Waals surface area contributed by atoms with E-state index >= 15 is 0 Å². The molecule has 1 heterocycles. The second kappa shape index (κ2) is 3.13. The van der Waals surface area contributed by atoms with E-state index in [1.54, 1.807) is 0 Å². The van der Waals surface area contributed by atoms with Gasteiger partial charge in [0.15, 0.2) is 0 Å². The third-order valence-electron chi connectivity index (χ3n) is 2.37. The highest BCUT2D eigenvalue weighted by molar-refractivity contribution is 5.34. The SMILES string of the molecule is CC(Nc1ccccn1)C1CC1. The van der Waals surface area contributed by atoms with Gasteiger partial charge in [-0.1, -0.05) is 6.07 Å². The summed E-state index contributed by atoms with van der Waals surface area (Å²) in [5.41, 5.74) is 0. The van der Waals surface area contributed by atoms with Gasteiger partial charge in [0.1, 0.15) is 5.82 Å². The third-order valence-corrected chi connectivity index (χ3v) is 2.37. The standard InChI is InChI=1S/C10H14N2/c1-8(9-5-6-9)12-10-4-2-3-7-11-10/h2-4,7-9H,5-6H2,1H3,(H,11,12). The zero-order valence-corrected chi connectivity index (χ0v) is 7.33. The number of nitrogens with zero attached hydrogens (tertiary/aromatic N) is 1. The molecular weight excluding hydrogens is 148 g/mol. The Bertz CT molecular complexity index is 241. The van der Waals surface area contributed by atoms with Gasteiger partial charge < -0.3 is 5.32 Å². The fourth-order valence-corrected chi connectivity index (χ4v) is 1.40. The van der Waals surface area contributed by atoms with Gasteiger partial charge in [0.25, 0.3) is 0 Å². The van der Waals surface area contributed by atoms with E-state index in [2.05, 4.69) is 17.2 Å². The monoisotopic (exact) mass is 162 g/mol. The maximum absolute atomic E-state index is 4.22. The zero-order valence-electron chi connectivity index (χ0n) is 7.33. The molecule has 1 fully saturated rings. The molecule has 1 N–H and O–H groups in total. The number of rotatable bonds is 3. The molecule has 0 bridgehead atoms. The Morgan fingerprint density at radius 2 is 2.33 bits per heavy atom. The summed E-state index contributed by atoms with van der Waals surface area (Å²) in [4.78, 5) is 4.22. The normalized spacial score (nSPS) is 18.8. The van der Waals surface area contributed by atoms with Gasteiger partial charge in [0.05, 0.1) is 0 Å². The van der Waals surface area contributed by atoms with Gasteiger partial charge in [-0.15, -0.1) is 0 Å². The summed E-state index contributed by atoms with van der Waals surface area (Å²) >= 11 is 0. The average molecular weight is 162 g/mol. The maximum atomic E-state index is 4.22. The van der Waals surface area contributed by atoms with Crippen LogP contribution in [-0.2, 0) is 0 Å². The molecule has 1 unspecified atom stereocenters. The molecule has 12 heavy (non-hydrogen) atoms. The van der Waals surface area contributed by atoms with Crippen molar-refractivity contribution < 1.29 is 0 Å². The minimum atomic E-state index is 0.583. The van der Waals surface area contributed by atoms with E-state index in [1.165, 1.54) is 12.8 Å². The molecule has 1 atom stereocenters. The van der Waals surface area contributed by atoms with Crippen LogP contribution in [0.5, 0.6) is 0 Å². The van der Waals surface area contributed by atoms with Crippen LogP contribution in [-0.4, -0.2) is 11.0 Å². The van der Waals surface area contributed by atoms with Crippen LogP contribution < -0.4 is 5.32 Å². The van der Waals surface area contributed by atoms with Gasteiger partial charge in [-0.3, -0.25) is 0 Å². The van der Waals surface area contributed by atoms with Crippen molar-refractivity contribution in [2.24, 2.45) is 5.92 Å². The maximum Gasteiger partial charge on any atom is 0.126 e. The lowest BCUT2D eigenvalue weighted by Crippen LogP contribution is -2.17. The summed E-state index contributed by atoms with van der Waals surface area (Å²) in [5, 5.41) is 3.39. The van der Waals surface area contributed by atoms with Crippen molar-refractivity contribution >= 4 is 5.82 Å². The highest BCUT2D eigenvalue weighted by atomic mass is 15.0. The largest absolute Gasteiger partial charge is 0.367 e. The van der Waals surface area contributed by atoms with Crippen LogP contribution in [0.2, 0.25) is 0 Å². The van der Waals surface area contributed by atoms with Crippen LogP contribution >= 0.6 is 0 Å². The molecule has 0 radical (unpaired) electrons. The van der Waals surface area contributed by atoms with Crippen molar-refractivity contribution in [1.29, 1.82) is 0 Å². The smallest absolute Gasteiger partial charge is 0.126 e. The molecule has 2 heteroatoms. The topological polar surface area (TPSA) is 24.9 Å². The molecule has 0 spiro atoms. The summed E-state index contributed by atoms with van der Waals surface area (Å²) in [6.45, 7) is 2.23. The van der Waals surface area contributed by atoms with Crippen LogP contribution in [0.15, 0.2) is 24.4 Å². The van der Waals surface area contributed by atoms with E-state index in [-0.39, 0.29) is 0 Å². The highest BCUT2D eigenvalue weighted by Gasteiger charge is 2.27.